The van der Waals surface area contributed by atoms with Crippen LogP contribution in [0.1, 0.15) is 24.4 Å². The number of rotatable bonds is 5. The highest BCUT2D eigenvalue weighted by atomic mass is 35.5. The van der Waals surface area contributed by atoms with E-state index in [2.05, 4.69) is 5.32 Å². The van der Waals surface area contributed by atoms with Gasteiger partial charge in [0.1, 0.15) is 0 Å². The Hall–Kier alpha value is -1.05. The fourth-order valence-corrected chi connectivity index (χ4v) is 2.83. The van der Waals surface area contributed by atoms with E-state index in [1.165, 1.54) is 19.2 Å². The molecule has 0 saturated carbocycles. The largest absolute Gasteiger partial charge is 0.493 e. The Morgan fingerprint density at radius 3 is 2.48 bits per heavy atom. The maximum atomic E-state index is 13.9. The van der Waals surface area contributed by atoms with Crippen molar-refractivity contribution >= 4 is 12.4 Å². The molecule has 132 valence electrons. The predicted octanol–water partition coefficient (Wildman–Crippen LogP) is 3.54. The molecule has 3 nitrogen and oxygen atoms in total. The summed E-state index contributed by atoms with van der Waals surface area (Å²) in [6.45, 7) is 2.67. The van der Waals surface area contributed by atoms with Gasteiger partial charge >= 0.3 is 6.18 Å². The van der Waals surface area contributed by atoms with Crippen LogP contribution in [0, 0.1) is 5.82 Å². The summed E-state index contributed by atoms with van der Waals surface area (Å²) in [6.07, 6.45) is -5.24. The van der Waals surface area contributed by atoms with Crippen LogP contribution in [0.4, 0.5) is 17.6 Å². The van der Waals surface area contributed by atoms with Gasteiger partial charge in [0.05, 0.1) is 7.11 Å². The lowest BCUT2D eigenvalue weighted by Crippen LogP contribution is -2.45. The third kappa shape index (κ3) is 5.51. The summed E-state index contributed by atoms with van der Waals surface area (Å²) in [5.41, 5.74) is 0.480. The van der Waals surface area contributed by atoms with Crippen LogP contribution < -0.4 is 10.1 Å². The number of ether oxygens (including phenoxy) is 1. The monoisotopic (exact) mass is 356 g/mol. The van der Waals surface area contributed by atoms with E-state index >= 15 is 0 Å². The van der Waals surface area contributed by atoms with Crippen molar-refractivity contribution in [1.29, 1.82) is 0 Å². The number of piperazine rings is 1. The van der Waals surface area contributed by atoms with Gasteiger partial charge in [-0.25, -0.2) is 4.39 Å². The van der Waals surface area contributed by atoms with Gasteiger partial charge in [-0.3, -0.25) is 4.90 Å². The number of para-hydroxylation sites is 1. The minimum absolute atomic E-state index is 0. The SMILES string of the molecule is COc1c(F)cccc1[C@H](CCC(F)(F)F)N1CCNCC1.Cl. The van der Waals surface area contributed by atoms with Gasteiger partial charge in [-0.15, -0.1) is 12.4 Å². The number of benzene rings is 1. The summed E-state index contributed by atoms with van der Waals surface area (Å²) >= 11 is 0. The first-order chi connectivity index (χ1) is 10.4. The number of nitrogens with zero attached hydrogens (tertiary/aromatic N) is 1. The molecule has 0 unspecified atom stereocenters. The average molecular weight is 357 g/mol. The molecule has 2 rings (SSSR count). The lowest BCUT2D eigenvalue weighted by Gasteiger charge is -2.36. The molecule has 1 N–H and O–H groups in total. The second kappa shape index (κ2) is 8.70. The molecule has 0 spiro atoms. The van der Waals surface area contributed by atoms with Crippen LogP contribution in [0.2, 0.25) is 0 Å². The molecule has 1 fully saturated rings. The van der Waals surface area contributed by atoms with Crippen LogP contribution in [0.5, 0.6) is 5.75 Å². The highest BCUT2D eigenvalue weighted by Crippen LogP contribution is 2.37. The van der Waals surface area contributed by atoms with Crippen LogP contribution in [-0.4, -0.2) is 44.4 Å². The van der Waals surface area contributed by atoms with Gasteiger partial charge in [0.15, 0.2) is 11.6 Å². The van der Waals surface area contributed by atoms with Crippen molar-refractivity contribution in [3.8, 4) is 5.75 Å². The highest BCUT2D eigenvalue weighted by Gasteiger charge is 2.32. The molecular formula is C15H21ClF4N2O. The van der Waals surface area contributed by atoms with E-state index in [4.69, 9.17) is 4.74 Å². The topological polar surface area (TPSA) is 24.5 Å². The summed E-state index contributed by atoms with van der Waals surface area (Å²) in [5, 5.41) is 3.16. The van der Waals surface area contributed by atoms with Crippen LogP contribution >= 0.6 is 12.4 Å². The number of hydrogen-bond donors (Lipinski definition) is 1. The second-order valence-corrected chi connectivity index (χ2v) is 5.32. The highest BCUT2D eigenvalue weighted by molar-refractivity contribution is 5.85. The molecule has 1 aliphatic heterocycles. The molecule has 1 atom stereocenters. The molecule has 0 amide bonds. The quantitative estimate of drug-likeness (QED) is 0.817. The third-order valence-electron chi connectivity index (χ3n) is 3.85. The van der Waals surface area contributed by atoms with Gasteiger partial charge in [0, 0.05) is 44.2 Å². The van der Waals surface area contributed by atoms with E-state index in [1.807, 2.05) is 4.90 Å². The molecule has 1 saturated heterocycles. The normalized spacial score (nSPS) is 17.4. The van der Waals surface area contributed by atoms with E-state index in [-0.39, 0.29) is 24.6 Å². The fourth-order valence-electron chi connectivity index (χ4n) is 2.83. The van der Waals surface area contributed by atoms with E-state index < -0.39 is 24.5 Å². The fraction of sp³-hybridized carbons (Fsp3) is 0.600. The van der Waals surface area contributed by atoms with Gasteiger partial charge in [-0.2, -0.15) is 13.2 Å². The number of methoxy groups -OCH3 is 1. The second-order valence-electron chi connectivity index (χ2n) is 5.32. The molecule has 23 heavy (non-hydrogen) atoms. The minimum Gasteiger partial charge on any atom is -0.493 e. The molecular weight excluding hydrogens is 336 g/mol. The predicted molar refractivity (Wildman–Crippen MR) is 82.7 cm³/mol. The van der Waals surface area contributed by atoms with Crippen LogP contribution in [0.25, 0.3) is 0 Å². The summed E-state index contributed by atoms with van der Waals surface area (Å²) in [7, 11) is 1.33. The maximum Gasteiger partial charge on any atom is 0.389 e. The Morgan fingerprint density at radius 1 is 1.26 bits per heavy atom. The molecule has 8 heteroatoms. The standard InChI is InChI=1S/C15H20F4N2O.ClH/c1-22-14-11(3-2-4-12(14)16)13(5-6-15(17,18)19)21-9-7-20-8-10-21;/h2-4,13,20H,5-10H2,1H3;1H/t13-;/m0./s1. The summed E-state index contributed by atoms with van der Waals surface area (Å²) in [5.74, 6) is -0.514. The zero-order valence-electron chi connectivity index (χ0n) is 12.8. The van der Waals surface area contributed by atoms with Crippen molar-refractivity contribution in [2.75, 3.05) is 33.3 Å². The number of halogens is 5. The average Bonchev–Trinajstić information content (AvgIpc) is 2.47. The third-order valence-corrected chi connectivity index (χ3v) is 3.85. The molecule has 1 heterocycles. The molecule has 0 radical (unpaired) electrons. The number of nitrogens with one attached hydrogen (secondary N) is 1. The van der Waals surface area contributed by atoms with Crippen molar-refractivity contribution < 1.29 is 22.3 Å². The van der Waals surface area contributed by atoms with Crippen LogP contribution in [0.15, 0.2) is 18.2 Å². The van der Waals surface area contributed by atoms with Crippen molar-refractivity contribution in [2.24, 2.45) is 0 Å². The van der Waals surface area contributed by atoms with Crippen molar-refractivity contribution in [2.45, 2.75) is 25.1 Å². The minimum atomic E-state index is -4.23. The van der Waals surface area contributed by atoms with Gasteiger partial charge in [-0.1, -0.05) is 12.1 Å². The number of alkyl halides is 3. The molecule has 0 aliphatic carbocycles. The van der Waals surface area contributed by atoms with Crippen molar-refractivity contribution in [1.82, 2.24) is 10.2 Å². The maximum absolute atomic E-state index is 13.9. The summed E-state index contributed by atoms with van der Waals surface area (Å²) in [4.78, 5) is 1.96. The molecule has 1 aliphatic rings. The molecule has 1 aromatic rings. The number of hydrogen-bond acceptors (Lipinski definition) is 3. The lowest BCUT2D eigenvalue weighted by atomic mass is 9.98. The first kappa shape index (κ1) is 20.0. The van der Waals surface area contributed by atoms with Crippen molar-refractivity contribution in [3.63, 3.8) is 0 Å². The van der Waals surface area contributed by atoms with E-state index in [0.717, 1.165) is 0 Å². The molecule has 0 aromatic heterocycles. The van der Waals surface area contributed by atoms with Crippen LogP contribution in [-0.2, 0) is 0 Å². The van der Waals surface area contributed by atoms with Gasteiger partial charge < -0.3 is 10.1 Å². The summed E-state index contributed by atoms with van der Waals surface area (Å²) in [6, 6.07) is 3.90. The van der Waals surface area contributed by atoms with Gasteiger partial charge in [0.2, 0.25) is 0 Å². The smallest absolute Gasteiger partial charge is 0.389 e. The van der Waals surface area contributed by atoms with E-state index in [9.17, 15) is 17.6 Å². The van der Waals surface area contributed by atoms with Gasteiger partial charge in [0.25, 0.3) is 0 Å². The van der Waals surface area contributed by atoms with E-state index in [0.29, 0.717) is 31.7 Å². The van der Waals surface area contributed by atoms with Gasteiger partial charge in [-0.05, 0) is 12.5 Å². The Bertz CT molecular complexity index is 493. The Morgan fingerprint density at radius 2 is 1.91 bits per heavy atom. The first-order valence-corrected chi connectivity index (χ1v) is 7.26. The zero-order valence-corrected chi connectivity index (χ0v) is 13.6. The Kier molecular flexibility index (Phi) is 7.57. The Labute approximate surface area is 139 Å². The lowest BCUT2D eigenvalue weighted by molar-refractivity contribution is -0.138. The zero-order chi connectivity index (χ0) is 16.2. The Balaban J connectivity index is 0.00000264. The van der Waals surface area contributed by atoms with E-state index in [1.54, 1.807) is 6.07 Å². The first-order valence-electron chi connectivity index (χ1n) is 7.26. The van der Waals surface area contributed by atoms with Crippen LogP contribution in [0.3, 0.4) is 0 Å². The summed E-state index contributed by atoms with van der Waals surface area (Å²) < 4.78 is 56.8. The molecule has 1 aromatic carbocycles. The van der Waals surface area contributed by atoms with Crippen molar-refractivity contribution in [3.05, 3.63) is 29.6 Å². The molecule has 0 bridgehead atoms.